The van der Waals surface area contributed by atoms with Crippen molar-refractivity contribution in [2.75, 3.05) is 54.1 Å². The zero-order chi connectivity index (χ0) is 31.5. The standard InChI is InChI=1S/C30H35F3N4O6/c1-6-43-28(39)25-24(35(3)29(40)34-26(25)20-13-22(41-4)15-23(14-20)42-5)17-36-11-12-37(18(2)16-36)27(38)19-7-9-21(10-8-19)30(31,32)33/h7-10,13-15,18,26H,6,11-12,16-17H2,1-5H3,(H,34,40). The zero-order valence-corrected chi connectivity index (χ0v) is 24.7. The average Bonchev–Trinajstić information content (AvgIpc) is 2.98. The van der Waals surface area contributed by atoms with E-state index in [0.717, 1.165) is 12.1 Å². The SMILES string of the molecule is CCOC(=O)C1=C(CN2CCN(C(=O)c3ccc(C(F)(F)F)cc3)C(C)C2)N(C)C(=O)NC1c1cc(OC)cc(OC)c1. The van der Waals surface area contributed by atoms with Gasteiger partial charge in [-0.15, -0.1) is 0 Å². The summed E-state index contributed by atoms with van der Waals surface area (Å²) in [6, 6.07) is 7.71. The third kappa shape index (κ3) is 6.87. The van der Waals surface area contributed by atoms with Crippen LogP contribution in [0.15, 0.2) is 53.7 Å². The molecule has 0 aromatic heterocycles. The molecule has 2 aromatic rings. The quantitative estimate of drug-likeness (QED) is 0.454. The van der Waals surface area contributed by atoms with E-state index in [0.29, 0.717) is 42.4 Å². The van der Waals surface area contributed by atoms with Gasteiger partial charge in [0.15, 0.2) is 0 Å². The molecule has 0 aliphatic carbocycles. The summed E-state index contributed by atoms with van der Waals surface area (Å²) in [5, 5.41) is 2.88. The first kappa shape index (κ1) is 31.7. The minimum Gasteiger partial charge on any atom is -0.497 e. The summed E-state index contributed by atoms with van der Waals surface area (Å²) in [6.45, 7) is 4.99. The smallest absolute Gasteiger partial charge is 0.416 e. The molecule has 10 nitrogen and oxygen atoms in total. The summed E-state index contributed by atoms with van der Waals surface area (Å²) in [5.41, 5.74) is 0.622. The number of ether oxygens (including phenoxy) is 3. The highest BCUT2D eigenvalue weighted by molar-refractivity contribution is 5.95. The van der Waals surface area contributed by atoms with E-state index < -0.39 is 29.8 Å². The number of hydrogen-bond acceptors (Lipinski definition) is 7. The molecule has 2 atom stereocenters. The summed E-state index contributed by atoms with van der Waals surface area (Å²) >= 11 is 0. The van der Waals surface area contributed by atoms with Crippen LogP contribution in [-0.2, 0) is 15.7 Å². The number of benzene rings is 2. The number of nitrogens with one attached hydrogen (secondary N) is 1. The Bertz CT molecular complexity index is 1370. The number of hydrogen-bond donors (Lipinski definition) is 1. The van der Waals surface area contributed by atoms with Crippen LogP contribution in [0.4, 0.5) is 18.0 Å². The van der Waals surface area contributed by atoms with Crippen molar-refractivity contribution in [1.29, 1.82) is 0 Å². The van der Waals surface area contributed by atoms with E-state index in [9.17, 15) is 27.6 Å². The maximum absolute atomic E-state index is 13.4. The molecule has 1 fully saturated rings. The molecule has 0 spiro atoms. The molecule has 1 N–H and O–H groups in total. The number of methoxy groups -OCH3 is 2. The number of piperazine rings is 1. The molecular formula is C30H35F3N4O6. The summed E-state index contributed by atoms with van der Waals surface area (Å²) < 4.78 is 55.1. The number of halogens is 3. The summed E-state index contributed by atoms with van der Waals surface area (Å²) in [5.74, 6) is 0.0127. The lowest BCUT2D eigenvalue weighted by molar-refractivity contribution is -0.139. The predicted octanol–water partition coefficient (Wildman–Crippen LogP) is 4.08. The fraction of sp³-hybridized carbons (Fsp3) is 0.433. The lowest BCUT2D eigenvalue weighted by atomic mass is 9.93. The topological polar surface area (TPSA) is 101 Å². The fourth-order valence-corrected chi connectivity index (χ4v) is 5.30. The lowest BCUT2D eigenvalue weighted by Crippen LogP contribution is -2.56. The van der Waals surface area contributed by atoms with Gasteiger partial charge >= 0.3 is 18.2 Å². The first-order valence-corrected chi connectivity index (χ1v) is 13.8. The third-order valence-electron chi connectivity index (χ3n) is 7.58. The highest BCUT2D eigenvalue weighted by Gasteiger charge is 2.39. The van der Waals surface area contributed by atoms with Gasteiger partial charge in [-0.1, -0.05) is 0 Å². The van der Waals surface area contributed by atoms with E-state index in [1.807, 2.05) is 11.8 Å². The summed E-state index contributed by atoms with van der Waals surface area (Å²) in [6.07, 6.45) is -4.49. The second kappa shape index (κ2) is 12.9. The predicted molar refractivity (Wildman–Crippen MR) is 151 cm³/mol. The van der Waals surface area contributed by atoms with Crippen LogP contribution >= 0.6 is 0 Å². The molecule has 2 unspecified atom stereocenters. The van der Waals surface area contributed by atoms with Gasteiger partial charge in [0.1, 0.15) is 11.5 Å². The van der Waals surface area contributed by atoms with Crippen LogP contribution < -0.4 is 14.8 Å². The van der Waals surface area contributed by atoms with Gasteiger partial charge in [-0.25, -0.2) is 9.59 Å². The number of urea groups is 1. The number of amides is 3. The van der Waals surface area contributed by atoms with Crippen LogP contribution in [0.25, 0.3) is 0 Å². The van der Waals surface area contributed by atoms with Crippen molar-refractivity contribution in [3.8, 4) is 11.5 Å². The first-order valence-electron chi connectivity index (χ1n) is 13.8. The minimum atomic E-state index is -4.49. The Morgan fingerprint density at radius 3 is 2.19 bits per heavy atom. The Balaban J connectivity index is 1.60. The Labute approximate surface area is 248 Å². The molecule has 0 saturated carbocycles. The molecular weight excluding hydrogens is 569 g/mol. The van der Waals surface area contributed by atoms with Crippen molar-refractivity contribution in [2.24, 2.45) is 0 Å². The summed E-state index contributed by atoms with van der Waals surface area (Å²) in [7, 11) is 4.57. The van der Waals surface area contributed by atoms with Gasteiger partial charge in [-0.3, -0.25) is 14.6 Å². The fourth-order valence-electron chi connectivity index (χ4n) is 5.30. The number of nitrogens with zero attached hydrogens (tertiary/aromatic N) is 3. The molecule has 4 rings (SSSR count). The number of likely N-dealkylation sites (N-methyl/N-ethyl adjacent to an activating group) is 1. The highest BCUT2D eigenvalue weighted by Crippen LogP contribution is 2.35. The largest absolute Gasteiger partial charge is 0.497 e. The molecule has 1 saturated heterocycles. The number of carbonyl (C=O) groups is 3. The zero-order valence-electron chi connectivity index (χ0n) is 24.7. The van der Waals surface area contributed by atoms with Gasteiger partial charge in [0.25, 0.3) is 5.91 Å². The van der Waals surface area contributed by atoms with E-state index in [-0.39, 0.29) is 36.2 Å². The van der Waals surface area contributed by atoms with Gasteiger partial charge in [0, 0.05) is 56.6 Å². The van der Waals surface area contributed by atoms with Gasteiger partial charge < -0.3 is 24.4 Å². The molecule has 0 radical (unpaired) electrons. The van der Waals surface area contributed by atoms with E-state index in [2.05, 4.69) is 5.32 Å². The molecule has 2 heterocycles. The Morgan fingerprint density at radius 2 is 1.65 bits per heavy atom. The van der Waals surface area contributed by atoms with Crippen LogP contribution in [-0.4, -0.2) is 92.7 Å². The lowest BCUT2D eigenvalue weighted by Gasteiger charge is -2.42. The Morgan fingerprint density at radius 1 is 1.02 bits per heavy atom. The van der Waals surface area contributed by atoms with Gasteiger partial charge in [-0.2, -0.15) is 13.2 Å². The maximum Gasteiger partial charge on any atom is 0.416 e. The van der Waals surface area contributed by atoms with Crippen molar-refractivity contribution in [1.82, 2.24) is 20.0 Å². The van der Waals surface area contributed by atoms with Crippen molar-refractivity contribution in [2.45, 2.75) is 32.1 Å². The van der Waals surface area contributed by atoms with Crippen molar-refractivity contribution in [3.05, 3.63) is 70.4 Å². The molecule has 13 heteroatoms. The van der Waals surface area contributed by atoms with E-state index in [1.54, 1.807) is 37.1 Å². The first-order chi connectivity index (χ1) is 20.4. The van der Waals surface area contributed by atoms with Crippen molar-refractivity contribution >= 4 is 17.9 Å². The van der Waals surface area contributed by atoms with Gasteiger partial charge in [0.2, 0.25) is 0 Å². The van der Waals surface area contributed by atoms with Crippen molar-refractivity contribution in [3.63, 3.8) is 0 Å². The van der Waals surface area contributed by atoms with E-state index >= 15 is 0 Å². The Kier molecular flexibility index (Phi) is 9.53. The van der Waals surface area contributed by atoms with Gasteiger partial charge in [-0.05, 0) is 55.8 Å². The number of rotatable bonds is 8. The molecule has 2 aliphatic heterocycles. The molecule has 2 aromatic carbocycles. The molecule has 43 heavy (non-hydrogen) atoms. The van der Waals surface area contributed by atoms with Crippen LogP contribution in [0.1, 0.15) is 41.4 Å². The molecule has 3 amide bonds. The van der Waals surface area contributed by atoms with Crippen LogP contribution in [0.5, 0.6) is 11.5 Å². The van der Waals surface area contributed by atoms with Crippen LogP contribution in [0, 0.1) is 0 Å². The van der Waals surface area contributed by atoms with Gasteiger partial charge in [0.05, 0.1) is 38.0 Å². The highest BCUT2D eigenvalue weighted by atomic mass is 19.4. The minimum absolute atomic E-state index is 0.128. The second-order valence-electron chi connectivity index (χ2n) is 10.3. The van der Waals surface area contributed by atoms with Crippen LogP contribution in [0.2, 0.25) is 0 Å². The number of esters is 1. The third-order valence-corrected chi connectivity index (χ3v) is 7.58. The normalized spacial score (nSPS) is 19.7. The number of alkyl halides is 3. The molecule has 2 aliphatic rings. The monoisotopic (exact) mass is 604 g/mol. The maximum atomic E-state index is 13.4. The molecule has 0 bridgehead atoms. The average molecular weight is 605 g/mol. The van der Waals surface area contributed by atoms with Crippen LogP contribution in [0.3, 0.4) is 0 Å². The van der Waals surface area contributed by atoms with E-state index in [4.69, 9.17) is 14.2 Å². The molecule has 232 valence electrons. The second-order valence-corrected chi connectivity index (χ2v) is 10.3. The van der Waals surface area contributed by atoms with E-state index in [1.165, 1.54) is 31.3 Å². The number of carbonyl (C=O) groups excluding carboxylic acids is 3. The Hall–Kier alpha value is -4.26. The van der Waals surface area contributed by atoms with Crippen molar-refractivity contribution < 1.29 is 41.8 Å². The summed E-state index contributed by atoms with van der Waals surface area (Å²) in [4.78, 5) is 44.7.